The summed E-state index contributed by atoms with van der Waals surface area (Å²) in [5.41, 5.74) is 3.66. The minimum atomic E-state index is 0.00236. The molecule has 0 saturated heterocycles. The number of carbonyl (C=O) groups is 1. The largest absolute Gasteiger partial charge is 0.326 e. The van der Waals surface area contributed by atoms with Gasteiger partial charge in [0.05, 0.1) is 11.7 Å². The second kappa shape index (κ2) is 5.52. The van der Waals surface area contributed by atoms with E-state index >= 15 is 0 Å². The number of fused-ring (bicyclic) bond motifs is 1. The lowest BCUT2D eigenvalue weighted by Gasteiger charge is -2.28. The molecule has 21 heavy (non-hydrogen) atoms. The van der Waals surface area contributed by atoms with Crippen LogP contribution in [-0.4, -0.2) is 16.5 Å². The Morgan fingerprint density at radius 3 is 2.48 bits per heavy atom. The predicted octanol–water partition coefficient (Wildman–Crippen LogP) is 3.88. The van der Waals surface area contributed by atoms with Crippen LogP contribution in [0.25, 0.3) is 0 Å². The van der Waals surface area contributed by atoms with Gasteiger partial charge in [0, 0.05) is 6.54 Å². The molecular formula is C18H18N2O. The van der Waals surface area contributed by atoms with Gasteiger partial charge >= 0.3 is 0 Å². The Kier molecular flexibility index (Phi) is 3.57. The first-order valence-corrected chi connectivity index (χ1v) is 7.16. The van der Waals surface area contributed by atoms with E-state index in [-0.39, 0.29) is 11.9 Å². The Labute approximate surface area is 124 Å². The number of hydrogen-bond acceptors (Lipinski definition) is 2. The first kappa shape index (κ1) is 13.6. The van der Waals surface area contributed by atoms with Crippen molar-refractivity contribution in [1.29, 1.82) is 0 Å². The van der Waals surface area contributed by atoms with E-state index in [2.05, 4.69) is 24.0 Å². The summed E-state index contributed by atoms with van der Waals surface area (Å²) in [6.07, 6.45) is 0. The van der Waals surface area contributed by atoms with Crippen LogP contribution in [0, 0.1) is 0 Å². The number of amides is 1. The Morgan fingerprint density at radius 1 is 1.05 bits per heavy atom. The van der Waals surface area contributed by atoms with Crippen molar-refractivity contribution in [3.8, 4) is 0 Å². The molecule has 0 fully saturated rings. The molecule has 2 aromatic rings. The molecule has 0 unspecified atom stereocenters. The van der Waals surface area contributed by atoms with E-state index in [1.54, 1.807) is 6.92 Å². The molecule has 3 heteroatoms. The summed E-state index contributed by atoms with van der Waals surface area (Å²) in [5, 5.41) is 0. The van der Waals surface area contributed by atoms with Crippen LogP contribution in [0.15, 0.2) is 59.6 Å². The average molecular weight is 278 g/mol. The third-order valence-corrected chi connectivity index (χ3v) is 3.94. The quantitative estimate of drug-likeness (QED) is 0.820. The Morgan fingerprint density at radius 2 is 1.71 bits per heavy atom. The third kappa shape index (κ3) is 2.59. The van der Waals surface area contributed by atoms with E-state index in [4.69, 9.17) is 0 Å². The van der Waals surface area contributed by atoms with Crippen molar-refractivity contribution in [2.75, 3.05) is 0 Å². The summed E-state index contributed by atoms with van der Waals surface area (Å²) in [4.78, 5) is 19.0. The highest BCUT2D eigenvalue weighted by atomic mass is 16.2. The van der Waals surface area contributed by atoms with E-state index in [9.17, 15) is 4.79 Å². The number of benzene rings is 2. The highest BCUT2D eigenvalue weighted by molar-refractivity contribution is 6.38. The standard InChI is InChI=1S/C18H18N2O/c1-13-18(21)20(14(2)15-8-4-3-5-9-15)12-16-10-6-7-11-17(16)19-13/h3-11,14H,12H2,1-2H3/t14-/m0/s1. The van der Waals surface area contributed by atoms with Gasteiger partial charge in [0.2, 0.25) is 0 Å². The molecule has 0 N–H and O–H groups in total. The fourth-order valence-corrected chi connectivity index (χ4v) is 2.67. The Bertz CT molecular complexity index is 691. The van der Waals surface area contributed by atoms with Gasteiger partial charge in [-0.25, -0.2) is 4.99 Å². The summed E-state index contributed by atoms with van der Waals surface area (Å²) >= 11 is 0. The van der Waals surface area contributed by atoms with Gasteiger partial charge in [0.15, 0.2) is 0 Å². The van der Waals surface area contributed by atoms with Gasteiger partial charge in [-0.2, -0.15) is 0 Å². The number of aliphatic imine (C=N–C) groups is 1. The molecule has 2 aromatic carbocycles. The second-order valence-corrected chi connectivity index (χ2v) is 5.35. The van der Waals surface area contributed by atoms with Gasteiger partial charge in [0.1, 0.15) is 5.71 Å². The van der Waals surface area contributed by atoms with Crippen LogP contribution in [-0.2, 0) is 11.3 Å². The van der Waals surface area contributed by atoms with E-state index < -0.39 is 0 Å². The monoisotopic (exact) mass is 278 g/mol. The summed E-state index contributed by atoms with van der Waals surface area (Å²) in [7, 11) is 0. The molecule has 1 heterocycles. The van der Waals surface area contributed by atoms with Crippen LogP contribution in [0.1, 0.15) is 31.0 Å². The maximum absolute atomic E-state index is 12.6. The number of nitrogens with zero attached hydrogens (tertiary/aromatic N) is 2. The highest BCUT2D eigenvalue weighted by Gasteiger charge is 2.26. The fraction of sp³-hybridized carbons (Fsp3) is 0.222. The average Bonchev–Trinajstić information content (AvgIpc) is 2.65. The van der Waals surface area contributed by atoms with Gasteiger partial charge in [-0.15, -0.1) is 0 Å². The van der Waals surface area contributed by atoms with Crippen molar-refractivity contribution >= 4 is 17.3 Å². The van der Waals surface area contributed by atoms with Crippen molar-refractivity contribution in [3.05, 3.63) is 65.7 Å². The molecule has 0 radical (unpaired) electrons. The molecule has 3 rings (SSSR count). The fourth-order valence-electron chi connectivity index (χ4n) is 2.67. The molecule has 106 valence electrons. The predicted molar refractivity (Wildman–Crippen MR) is 84.6 cm³/mol. The zero-order chi connectivity index (χ0) is 14.8. The van der Waals surface area contributed by atoms with Crippen LogP contribution in [0.3, 0.4) is 0 Å². The number of para-hydroxylation sites is 1. The smallest absolute Gasteiger partial charge is 0.268 e. The van der Waals surface area contributed by atoms with Crippen LogP contribution >= 0.6 is 0 Å². The lowest BCUT2D eigenvalue weighted by atomic mass is 10.1. The SMILES string of the molecule is CC1=Nc2ccccc2CN([C@@H](C)c2ccccc2)C1=O. The van der Waals surface area contributed by atoms with Gasteiger partial charge in [-0.1, -0.05) is 48.5 Å². The second-order valence-electron chi connectivity index (χ2n) is 5.35. The molecule has 0 spiro atoms. The molecule has 3 nitrogen and oxygen atoms in total. The number of rotatable bonds is 2. The van der Waals surface area contributed by atoms with E-state index in [1.165, 1.54) is 0 Å². The molecule has 1 aliphatic heterocycles. The molecule has 0 aliphatic carbocycles. The summed E-state index contributed by atoms with van der Waals surface area (Å²) in [5.74, 6) is 0.00236. The van der Waals surface area contributed by atoms with E-state index in [0.717, 1.165) is 16.8 Å². The van der Waals surface area contributed by atoms with Crippen LogP contribution < -0.4 is 0 Å². The summed E-state index contributed by atoms with van der Waals surface area (Å²) < 4.78 is 0. The number of hydrogen-bond donors (Lipinski definition) is 0. The van der Waals surface area contributed by atoms with Gasteiger partial charge < -0.3 is 4.90 Å². The van der Waals surface area contributed by atoms with Crippen molar-refractivity contribution in [2.24, 2.45) is 4.99 Å². The van der Waals surface area contributed by atoms with Crippen LogP contribution in [0.4, 0.5) is 5.69 Å². The maximum Gasteiger partial charge on any atom is 0.268 e. The third-order valence-electron chi connectivity index (χ3n) is 3.94. The van der Waals surface area contributed by atoms with Crippen molar-refractivity contribution in [1.82, 2.24) is 4.90 Å². The Balaban J connectivity index is 2.00. The highest BCUT2D eigenvalue weighted by Crippen LogP contribution is 2.29. The maximum atomic E-state index is 12.6. The summed E-state index contributed by atoms with van der Waals surface area (Å²) in [6, 6.07) is 18.1. The van der Waals surface area contributed by atoms with Gasteiger partial charge in [-0.05, 0) is 31.0 Å². The van der Waals surface area contributed by atoms with Gasteiger partial charge in [-0.3, -0.25) is 4.79 Å². The molecule has 0 saturated carbocycles. The molecule has 0 aromatic heterocycles. The molecule has 1 atom stereocenters. The van der Waals surface area contributed by atoms with Crippen LogP contribution in [0.2, 0.25) is 0 Å². The zero-order valence-corrected chi connectivity index (χ0v) is 12.3. The summed E-state index contributed by atoms with van der Waals surface area (Å²) in [6.45, 7) is 4.44. The minimum absolute atomic E-state index is 0.00236. The lowest BCUT2D eigenvalue weighted by Crippen LogP contribution is -2.36. The normalized spacial score (nSPS) is 16.0. The topological polar surface area (TPSA) is 32.7 Å². The van der Waals surface area contributed by atoms with Crippen molar-refractivity contribution in [2.45, 2.75) is 26.4 Å². The molecule has 0 bridgehead atoms. The van der Waals surface area contributed by atoms with Gasteiger partial charge in [0.25, 0.3) is 5.91 Å². The minimum Gasteiger partial charge on any atom is -0.326 e. The van der Waals surface area contributed by atoms with E-state index in [1.807, 2.05) is 47.4 Å². The van der Waals surface area contributed by atoms with Crippen molar-refractivity contribution in [3.63, 3.8) is 0 Å². The lowest BCUT2D eigenvalue weighted by molar-refractivity contribution is -0.126. The van der Waals surface area contributed by atoms with Crippen molar-refractivity contribution < 1.29 is 4.79 Å². The van der Waals surface area contributed by atoms with Crippen LogP contribution in [0.5, 0.6) is 0 Å². The number of carbonyl (C=O) groups excluding carboxylic acids is 1. The molecular weight excluding hydrogens is 260 g/mol. The Hall–Kier alpha value is -2.42. The molecule has 1 amide bonds. The molecule has 1 aliphatic rings. The zero-order valence-electron chi connectivity index (χ0n) is 12.3. The first-order chi connectivity index (χ1) is 10.2. The first-order valence-electron chi connectivity index (χ1n) is 7.16. The van der Waals surface area contributed by atoms with E-state index in [0.29, 0.717) is 12.3 Å².